The van der Waals surface area contributed by atoms with Crippen molar-refractivity contribution in [1.29, 1.82) is 0 Å². The highest BCUT2D eigenvalue weighted by atomic mass is 35.5. The number of nitro benzene ring substituents is 1. The molecule has 1 saturated heterocycles. The van der Waals surface area contributed by atoms with E-state index in [1.54, 1.807) is 18.2 Å². The molecule has 2 aromatic carbocycles. The van der Waals surface area contributed by atoms with Gasteiger partial charge in [0.25, 0.3) is 11.6 Å². The lowest BCUT2D eigenvalue weighted by molar-refractivity contribution is -0.385. The van der Waals surface area contributed by atoms with Crippen molar-refractivity contribution in [2.75, 3.05) is 32.7 Å². The zero-order valence-corrected chi connectivity index (χ0v) is 16.6. The van der Waals surface area contributed by atoms with E-state index in [1.807, 2.05) is 24.3 Å². The summed E-state index contributed by atoms with van der Waals surface area (Å²) in [5.41, 5.74) is 3.82. The summed E-state index contributed by atoms with van der Waals surface area (Å²) in [5, 5.41) is 15.6. The fourth-order valence-electron chi connectivity index (χ4n) is 3.15. The van der Waals surface area contributed by atoms with Gasteiger partial charge in [0.2, 0.25) is 0 Å². The van der Waals surface area contributed by atoms with Crippen molar-refractivity contribution < 1.29 is 9.72 Å². The van der Waals surface area contributed by atoms with Gasteiger partial charge in [-0.05, 0) is 17.7 Å². The van der Waals surface area contributed by atoms with Crippen molar-refractivity contribution in [1.82, 2.24) is 15.2 Å². The van der Waals surface area contributed by atoms with Gasteiger partial charge >= 0.3 is 0 Å². The number of rotatable bonds is 7. The summed E-state index contributed by atoms with van der Waals surface area (Å²) in [5.74, 6) is -0.251. The Kier molecular flexibility index (Phi) is 7.29. The molecule has 0 saturated carbocycles. The van der Waals surface area contributed by atoms with E-state index < -0.39 is 4.92 Å². The molecule has 0 bridgehead atoms. The predicted octanol–water partition coefficient (Wildman–Crippen LogP) is 2.52. The molecule has 0 radical (unpaired) electrons. The molecule has 0 spiro atoms. The summed E-state index contributed by atoms with van der Waals surface area (Å²) < 4.78 is 0. The van der Waals surface area contributed by atoms with Crippen LogP contribution in [-0.4, -0.2) is 59.6 Å². The molecule has 1 heterocycles. The van der Waals surface area contributed by atoms with Crippen LogP contribution < -0.4 is 5.43 Å². The molecule has 8 nitrogen and oxygen atoms in total. The second-order valence-electron chi connectivity index (χ2n) is 6.75. The molecule has 0 unspecified atom stereocenters. The molecule has 2 aromatic rings. The number of hydrogen-bond donors (Lipinski definition) is 1. The average molecular weight is 416 g/mol. The van der Waals surface area contributed by atoms with Crippen molar-refractivity contribution in [2.45, 2.75) is 6.54 Å². The molecule has 152 valence electrons. The second-order valence-corrected chi connectivity index (χ2v) is 7.16. The smallest absolute Gasteiger partial charge is 0.278 e. The average Bonchev–Trinajstić information content (AvgIpc) is 2.71. The van der Waals surface area contributed by atoms with Crippen molar-refractivity contribution in [3.63, 3.8) is 0 Å². The Balaban J connectivity index is 1.43. The van der Waals surface area contributed by atoms with E-state index in [0.29, 0.717) is 5.56 Å². The Morgan fingerprint density at radius 3 is 2.48 bits per heavy atom. The molecule has 1 N–H and O–H groups in total. The topological polar surface area (TPSA) is 91.1 Å². The molecule has 29 heavy (non-hydrogen) atoms. The minimum Gasteiger partial charge on any atom is -0.296 e. The third-order valence-electron chi connectivity index (χ3n) is 4.71. The Morgan fingerprint density at radius 1 is 1.10 bits per heavy atom. The van der Waals surface area contributed by atoms with Gasteiger partial charge in [0.15, 0.2) is 0 Å². The quantitative estimate of drug-likeness (QED) is 0.426. The number of nitrogens with zero attached hydrogens (tertiary/aromatic N) is 4. The lowest BCUT2D eigenvalue weighted by atomic mass is 10.2. The Hall–Kier alpha value is -2.81. The van der Waals surface area contributed by atoms with Crippen molar-refractivity contribution in [2.24, 2.45) is 5.10 Å². The lowest BCUT2D eigenvalue weighted by Gasteiger charge is -2.34. The molecular formula is C20H22ClN5O3. The van der Waals surface area contributed by atoms with Gasteiger partial charge in [0.05, 0.1) is 23.2 Å². The number of nitrogens with one attached hydrogen (secondary N) is 1. The summed E-state index contributed by atoms with van der Waals surface area (Å²) in [6.07, 6.45) is 1.29. The lowest BCUT2D eigenvalue weighted by Crippen LogP contribution is -2.48. The summed E-state index contributed by atoms with van der Waals surface area (Å²) in [7, 11) is 0. The van der Waals surface area contributed by atoms with Crippen LogP contribution in [0.2, 0.25) is 5.02 Å². The Bertz CT molecular complexity index is 897. The van der Waals surface area contributed by atoms with Crippen LogP contribution in [-0.2, 0) is 11.3 Å². The summed E-state index contributed by atoms with van der Waals surface area (Å²) in [6.45, 7) is 4.25. The standard InChI is InChI=1S/C20H22ClN5O3/c21-18-7-3-1-6-17(18)14-24-9-11-25(12-10-24)15-20(27)23-22-13-16-5-2-4-8-19(16)26(28)29/h1-8,13H,9-12,14-15H2,(H,23,27)/b22-13-. The maximum Gasteiger partial charge on any atom is 0.278 e. The van der Waals surface area contributed by atoms with Gasteiger partial charge in [-0.25, -0.2) is 5.43 Å². The van der Waals surface area contributed by atoms with Gasteiger partial charge in [0, 0.05) is 43.8 Å². The zero-order chi connectivity index (χ0) is 20.6. The number of halogens is 1. The molecular weight excluding hydrogens is 394 g/mol. The number of para-hydroxylation sites is 1. The van der Waals surface area contributed by atoms with Gasteiger partial charge in [-0.3, -0.25) is 24.7 Å². The third kappa shape index (κ3) is 6.08. The predicted molar refractivity (Wildman–Crippen MR) is 112 cm³/mol. The number of piperazine rings is 1. The number of benzene rings is 2. The molecule has 1 aliphatic heterocycles. The molecule has 9 heteroatoms. The molecule has 0 aliphatic carbocycles. The van der Waals surface area contributed by atoms with Crippen LogP contribution in [0.15, 0.2) is 53.6 Å². The van der Waals surface area contributed by atoms with E-state index in [1.165, 1.54) is 12.3 Å². The molecule has 3 rings (SSSR count). The van der Waals surface area contributed by atoms with Crippen LogP contribution in [0.25, 0.3) is 0 Å². The maximum atomic E-state index is 12.1. The fourth-order valence-corrected chi connectivity index (χ4v) is 3.34. The molecule has 1 fully saturated rings. The molecule has 0 aromatic heterocycles. The van der Waals surface area contributed by atoms with Crippen molar-refractivity contribution in [3.8, 4) is 0 Å². The SMILES string of the molecule is O=C(CN1CCN(Cc2ccccc2Cl)CC1)N/N=C\c1ccccc1[N+](=O)[O-]. The van der Waals surface area contributed by atoms with E-state index in [0.717, 1.165) is 43.3 Å². The number of carbonyl (C=O) groups is 1. The maximum absolute atomic E-state index is 12.1. The van der Waals surface area contributed by atoms with Gasteiger partial charge in [-0.15, -0.1) is 0 Å². The monoisotopic (exact) mass is 415 g/mol. The van der Waals surface area contributed by atoms with E-state index >= 15 is 0 Å². The van der Waals surface area contributed by atoms with Crippen LogP contribution in [0.5, 0.6) is 0 Å². The second kappa shape index (κ2) is 10.1. The summed E-state index contributed by atoms with van der Waals surface area (Å²) in [4.78, 5) is 27.0. The van der Waals surface area contributed by atoms with Crippen LogP contribution >= 0.6 is 11.6 Å². The number of amides is 1. The van der Waals surface area contributed by atoms with E-state index in [2.05, 4.69) is 20.3 Å². The number of nitro groups is 1. The van der Waals surface area contributed by atoms with Crippen LogP contribution in [0.3, 0.4) is 0 Å². The number of hydrazone groups is 1. The van der Waals surface area contributed by atoms with Crippen molar-refractivity contribution in [3.05, 3.63) is 74.8 Å². The van der Waals surface area contributed by atoms with E-state index in [-0.39, 0.29) is 18.1 Å². The summed E-state index contributed by atoms with van der Waals surface area (Å²) >= 11 is 6.22. The van der Waals surface area contributed by atoms with Crippen LogP contribution in [0, 0.1) is 10.1 Å². The fraction of sp³-hybridized carbons (Fsp3) is 0.300. The Labute approximate surface area is 173 Å². The minimum absolute atomic E-state index is 0.0554. The van der Waals surface area contributed by atoms with Gasteiger partial charge in [0.1, 0.15) is 0 Å². The van der Waals surface area contributed by atoms with Gasteiger partial charge in [-0.1, -0.05) is 41.9 Å². The number of carbonyl (C=O) groups excluding carboxylic acids is 1. The van der Waals surface area contributed by atoms with Crippen LogP contribution in [0.4, 0.5) is 5.69 Å². The highest BCUT2D eigenvalue weighted by Crippen LogP contribution is 2.18. The Morgan fingerprint density at radius 2 is 1.76 bits per heavy atom. The van der Waals surface area contributed by atoms with Crippen molar-refractivity contribution >= 4 is 29.4 Å². The summed E-state index contributed by atoms with van der Waals surface area (Å²) in [6, 6.07) is 14.0. The minimum atomic E-state index is -0.481. The largest absolute Gasteiger partial charge is 0.296 e. The van der Waals surface area contributed by atoms with E-state index in [4.69, 9.17) is 11.6 Å². The third-order valence-corrected chi connectivity index (χ3v) is 5.08. The first kappa shape index (κ1) is 20.9. The van der Waals surface area contributed by atoms with E-state index in [9.17, 15) is 14.9 Å². The first-order valence-electron chi connectivity index (χ1n) is 9.26. The molecule has 1 amide bonds. The zero-order valence-electron chi connectivity index (χ0n) is 15.8. The van der Waals surface area contributed by atoms with Gasteiger partial charge in [-0.2, -0.15) is 5.10 Å². The first-order chi connectivity index (χ1) is 14.0. The molecule has 0 atom stereocenters. The van der Waals surface area contributed by atoms with Gasteiger partial charge < -0.3 is 0 Å². The van der Waals surface area contributed by atoms with Crippen LogP contribution in [0.1, 0.15) is 11.1 Å². The highest BCUT2D eigenvalue weighted by molar-refractivity contribution is 6.31. The highest BCUT2D eigenvalue weighted by Gasteiger charge is 2.19. The number of hydrogen-bond acceptors (Lipinski definition) is 6. The first-order valence-corrected chi connectivity index (χ1v) is 9.64. The normalized spacial score (nSPS) is 15.5. The molecule has 1 aliphatic rings.